The molecule has 0 spiro atoms. The molecule has 1 unspecified atom stereocenters. The van der Waals surface area contributed by atoms with Crippen molar-refractivity contribution < 1.29 is 28.3 Å². The van der Waals surface area contributed by atoms with E-state index in [1.807, 2.05) is 0 Å². The number of hydrogen-bond acceptors (Lipinski definition) is 6. The van der Waals surface area contributed by atoms with Crippen molar-refractivity contribution in [3.63, 3.8) is 0 Å². The highest BCUT2D eigenvalue weighted by Gasteiger charge is 2.54. The maximum absolute atomic E-state index is 12.7. The lowest BCUT2D eigenvalue weighted by atomic mass is 9.90. The number of piperidine rings is 1. The molecule has 1 fully saturated rings. The van der Waals surface area contributed by atoms with E-state index in [0.29, 0.717) is 0 Å². The zero-order valence-electron chi connectivity index (χ0n) is 12.1. The number of hydrogen-bond donors (Lipinski definition) is 2. The highest BCUT2D eigenvalue weighted by Crippen LogP contribution is 2.38. The van der Waals surface area contributed by atoms with Crippen LogP contribution < -0.4 is 0 Å². The van der Waals surface area contributed by atoms with Crippen LogP contribution in [-0.4, -0.2) is 67.3 Å². The van der Waals surface area contributed by atoms with Crippen molar-refractivity contribution in [2.75, 3.05) is 19.6 Å². The molecule has 2 N–H and O–H groups in total. The van der Waals surface area contributed by atoms with E-state index in [9.17, 15) is 33.5 Å². The highest BCUT2D eigenvalue weighted by molar-refractivity contribution is 5.20. The van der Waals surface area contributed by atoms with Gasteiger partial charge in [0, 0.05) is 19.6 Å². The van der Waals surface area contributed by atoms with Crippen LogP contribution in [0, 0.1) is 10.1 Å². The Bertz CT molecular complexity index is 555. The molecule has 1 aromatic rings. The molecule has 8 nitrogen and oxygen atoms in total. The number of nitro groups is 1. The summed E-state index contributed by atoms with van der Waals surface area (Å²) in [6.45, 7) is 0.105. The molecular formula is C12H17F3N4O4. The minimum absolute atomic E-state index is 0.00607. The number of β-amino-alcohol motifs (C(OH)–C–C–N with tert-alkyl or cyclic N) is 1. The predicted octanol–water partition coefficient (Wildman–Crippen LogP) is 0.541. The lowest BCUT2D eigenvalue weighted by Crippen LogP contribution is -2.54. The standard InChI is InChI=1S/C12H17F3N4O4/c13-12(14,15)11(21)1-3-17(4-2-11)7-10(20)8-18-6-9(5-16-18)19(22)23/h5-6,10,20-21H,1-4,7-8H2. The largest absolute Gasteiger partial charge is 0.417 e. The fourth-order valence-corrected chi connectivity index (χ4v) is 2.51. The van der Waals surface area contributed by atoms with Crippen LogP contribution in [0.3, 0.4) is 0 Å². The summed E-state index contributed by atoms with van der Waals surface area (Å²) in [5.74, 6) is 0. The monoisotopic (exact) mass is 338 g/mol. The molecule has 23 heavy (non-hydrogen) atoms. The Kier molecular flexibility index (Phi) is 4.92. The second kappa shape index (κ2) is 6.42. The Labute approximate surface area is 129 Å². The van der Waals surface area contributed by atoms with E-state index in [1.54, 1.807) is 4.90 Å². The van der Waals surface area contributed by atoms with Gasteiger partial charge in [-0.2, -0.15) is 18.3 Å². The zero-order chi connectivity index (χ0) is 17.3. The maximum atomic E-state index is 12.7. The molecule has 1 saturated heterocycles. The van der Waals surface area contributed by atoms with Crippen molar-refractivity contribution in [1.29, 1.82) is 0 Å². The van der Waals surface area contributed by atoms with Crippen molar-refractivity contribution in [1.82, 2.24) is 14.7 Å². The maximum Gasteiger partial charge on any atom is 0.417 e. The van der Waals surface area contributed by atoms with Gasteiger partial charge in [0.1, 0.15) is 12.4 Å². The number of halogens is 3. The quantitative estimate of drug-likeness (QED) is 0.600. The third-order valence-corrected chi connectivity index (χ3v) is 3.91. The minimum atomic E-state index is -4.66. The zero-order valence-corrected chi connectivity index (χ0v) is 12.1. The molecule has 2 rings (SSSR count). The molecule has 1 aliphatic heterocycles. The molecule has 0 radical (unpaired) electrons. The number of alkyl halides is 3. The van der Waals surface area contributed by atoms with E-state index in [2.05, 4.69) is 5.10 Å². The smallest absolute Gasteiger partial charge is 0.390 e. The summed E-state index contributed by atoms with van der Waals surface area (Å²) in [6.07, 6.45) is -4.27. The van der Waals surface area contributed by atoms with Crippen molar-refractivity contribution in [2.24, 2.45) is 0 Å². The number of nitrogens with zero attached hydrogens (tertiary/aromatic N) is 4. The number of likely N-dealkylation sites (tertiary alicyclic amines) is 1. The second-order valence-corrected chi connectivity index (χ2v) is 5.66. The third kappa shape index (κ3) is 4.18. The van der Waals surface area contributed by atoms with E-state index in [4.69, 9.17) is 0 Å². The first-order valence-corrected chi connectivity index (χ1v) is 6.97. The van der Waals surface area contributed by atoms with Crippen LogP contribution in [0.25, 0.3) is 0 Å². The normalized spacial score (nSPS) is 20.4. The van der Waals surface area contributed by atoms with Gasteiger partial charge in [-0.15, -0.1) is 0 Å². The van der Waals surface area contributed by atoms with Gasteiger partial charge in [0.25, 0.3) is 0 Å². The summed E-state index contributed by atoms with van der Waals surface area (Å²) in [4.78, 5) is 11.5. The number of aliphatic hydroxyl groups is 2. The van der Waals surface area contributed by atoms with Gasteiger partial charge in [-0.25, -0.2) is 0 Å². The van der Waals surface area contributed by atoms with Gasteiger partial charge in [-0.3, -0.25) is 14.8 Å². The summed E-state index contributed by atoms with van der Waals surface area (Å²) in [5.41, 5.74) is -2.87. The first kappa shape index (κ1) is 17.6. The fourth-order valence-electron chi connectivity index (χ4n) is 2.51. The van der Waals surface area contributed by atoms with E-state index in [0.717, 1.165) is 6.20 Å². The van der Waals surface area contributed by atoms with Crippen LogP contribution in [-0.2, 0) is 6.54 Å². The van der Waals surface area contributed by atoms with Crippen molar-refractivity contribution in [2.45, 2.75) is 37.3 Å². The Balaban J connectivity index is 1.83. The molecule has 1 atom stereocenters. The van der Waals surface area contributed by atoms with E-state index < -0.39 is 35.6 Å². The topological polar surface area (TPSA) is 105 Å². The van der Waals surface area contributed by atoms with Crippen molar-refractivity contribution in [3.8, 4) is 0 Å². The minimum Gasteiger partial charge on any atom is -0.390 e. The molecular weight excluding hydrogens is 321 g/mol. The Hall–Kier alpha value is -1.72. The number of aliphatic hydroxyl groups excluding tert-OH is 1. The molecule has 0 saturated carbocycles. The summed E-state index contributed by atoms with van der Waals surface area (Å²) in [5, 5.41) is 33.8. The van der Waals surface area contributed by atoms with Gasteiger partial charge in [-0.1, -0.05) is 0 Å². The molecule has 11 heteroatoms. The third-order valence-electron chi connectivity index (χ3n) is 3.91. The molecule has 0 amide bonds. The number of aromatic nitrogens is 2. The predicted molar refractivity (Wildman–Crippen MR) is 71.6 cm³/mol. The van der Waals surface area contributed by atoms with Gasteiger partial charge in [0.05, 0.1) is 17.6 Å². The fraction of sp³-hybridized carbons (Fsp3) is 0.750. The summed E-state index contributed by atoms with van der Waals surface area (Å²) >= 11 is 0. The molecule has 130 valence electrons. The molecule has 1 aromatic heterocycles. The van der Waals surface area contributed by atoms with Gasteiger partial charge in [0.15, 0.2) is 5.60 Å². The summed E-state index contributed by atoms with van der Waals surface area (Å²) in [6, 6.07) is 0. The van der Waals surface area contributed by atoms with Crippen LogP contribution in [0.2, 0.25) is 0 Å². The summed E-state index contributed by atoms with van der Waals surface area (Å²) < 4.78 is 39.3. The van der Waals surface area contributed by atoms with Gasteiger partial charge in [-0.05, 0) is 12.8 Å². The van der Waals surface area contributed by atoms with Gasteiger partial charge < -0.3 is 15.1 Å². The Morgan fingerprint density at radius 1 is 1.39 bits per heavy atom. The van der Waals surface area contributed by atoms with Crippen LogP contribution in [0.5, 0.6) is 0 Å². The van der Waals surface area contributed by atoms with Crippen LogP contribution in [0.1, 0.15) is 12.8 Å². The molecule has 0 bridgehead atoms. The summed E-state index contributed by atoms with van der Waals surface area (Å²) in [7, 11) is 0. The van der Waals surface area contributed by atoms with Gasteiger partial charge >= 0.3 is 11.9 Å². The lowest BCUT2D eigenvalue weighted by Gasteiger charge is -2.39. The SMILES string of the molecule is O=[N+]([O-])c1cnn(CC(O)CN2CCC(O)(C(F)(F)F)CC2)c1. The average Bonchev–Trinajstić information content (AvgIpc) is 2.89. The van der Waals surface area contributed by atoms with Crippen LogP contribution >= 0.6 is 0 Å². The first-order chi connectivity index (χ1) is 10.6. The van der Waals surface area contributed by atoms with Crippen molar-refractivity contribution in [3.05, 3.63) is 22.5 Å². The Morgan fingerprint density at radius 2 is 2.00 bits per heavy atom. The molecule has 1 aliphatic rings. The molecule has 0 aromatic carbocycles. The molecule has 2 heterocycles. The highest BCUT2D eigenvalue weighted by atomic mass is 19.4. The Morgan fingerprint density at radius 3 is 2.48 bits per heavy atom. The van der Waals surface area contributed by atoms with Crippen molar-refractivity contribution >= 4 is 5.69 Å². The van der Waals surface area contributed by atoms with Crippen LogP contribution in [0.4, 0.5) is 18.9 Å². The van der Waals surface area contributed by atoms with Gasteiger partial charge in [0.2, 0.25) is 0 Å². The molecule has 0 aliphatic carbocycles. The van der Waals surface area contributed by atoms with Crippen LogP contribution in [0.15, 0.2) is 12.4 Å². The second-order valence-electron chi connectivity index (χ2n) is 5.66. The van der Waals surface area contributed by atoms with E-state index in [1.165, 1.54) is 10.9 Å². The number of rotatable bonds is 5. The lowest BCUT2D eigenvalue weighted by molar-refractivity contribution is -0.385. The van der Waals surface area contributed by atoms with E-state index in [-0.39, 0.29) is 31.9 Å². The average molecular weight is 338 g/mol. The van der Waals surface area contributed by atoms with E-state index >= 15 is 0 Å². The first-order valence-electron chi connectivity index (χ1n) is 6.97.